The van der Waals surface area contributed by atoms with Crippen LogP contribution in [0.5, 0.6) is 0 Å². The first-order valence-electron chi connectivity index (χ1n) is 5.52. The van der Waals surface area contributed by atoms with Crippen LogP contribution in [0.3, 0.4) is 0 Å². The Bertz CT molecular complexity index is 543. The normalized spacial score (nSPS) is 10.4. The Labute approximate surface area is 121 Å². The summed E-state index contributed by atoms with van der Waals surface area (Å²) in [4.78, 5) is 1.22. The van der Waals surface area contributed by atoms with Crippen LogP contribution in [-0.4, -0.2) is 6.26 Å². The van der Waals surface area contributed by atoms with Crippen molar-refractivity contribution in [3.8, 4) is 0 Å². The maximum absolute atomic E-state index is 6.16. The summed E-state index contributed by atoms with van der Waals surface area (Å²) >= 11 is 13.9. The number of nitrogens with one attached hydrogen (secondary N) is 1. The molecule has 0 amide bonds. The highest BCUT2D eigenvalue weighted by atomic mass is 35.5. The maximum atomic E-state index is 6.16. The van der Waals surface area contributed by atoms with Crippen molar-refractivity contribution in [3.63, 3.8) is 0 Å². The smallest absolute Gasteiger partial charge is 0.0642 e. The minimum Gasteiger partial charge on any atom is -0.380 e. The maximum Gasteiger partial charge on any atom is 0.0642 e. The van der Waals surface area contributed by atoms with Crippen molar-refractivity contribution in [2.45, 2.75) is 11.4 Å². The highest BCUT2D eigenvalue weighted by molar-refractivity contribution is 7.98. The first-order chi connectivity index (χ1) is 8.72. The minimum atomic E-state index is 0.592. The number of para-hydroxylation sites is 1. The highest BCUT2D eigenvalue weighted by Crippen LogP contribution is 2.28. The van der Waals surface area contributed by atoms with E-state index in [1.807, 2.05) is 24.3 Å². The molecule has 0 spiro atoms. The first-order valence-corrected chi connectivity index (χ1v) is 7.50. The van der Waals surface area contributed by atoms with Gasteiger partial charge >= 0.3 is 0 Å². The van der Waals surface area contributed by atoms with Crippen LogP contribution in [-0.2, 0) is 6.54 Å². The van der Waals surface area contributed by atoms with Crippen molar-refractivity contribution in [1.29, 1.82) is 0 Å². The van der Waals surface area contributed by atoms with E-state index in [1.165, 1.54) is 4.90 Å². The topological polar surface area (TPSA) is 12.0 Å². The summed E-state index contributed by atoms with van der Waals surface area (Å²) in [5.41, 5.74) is 2.11. The molecule has 94 valence electrons. The molecule has 0 unspecified atom stereocenters. The molecule has 0 aliphatic rings. The molecule has 0 fully saturated rings. The second-order valence-electron chi connectivity index (χ2n) is 3.77. The van der Waals surface area contributed by atoms with E-state index < -0.39 is 0 Å². The molecule has 2 rings (SSSR count). The van der Waals surface area contributed by atoms with Gasteiger partial charge in [-0.3, -0.25) is 0 Å². The number of thioether (sulfide) groups is 1. The quantitative estimate of drug-likeness (QED) is 0.766. The molecule has 0 radical (unpaired) electrons. The number of hydrogen-bond acceptors (Lipinski definition) is 2. The van der Waals surface area contributed by atoms with E-state index in [9.17, 15) is 0 Å². The first kappa shape index (κ1) is 13.6. The second kappa shape index (κ2) is 6.37. The van der Waals surface area contributed by atoms with Crippen LogP contribution in [0, 0.1) is 0 Å². The average molecular weight is 298 g/mol. The molecule has 4 heteroatoms. The Morgan fingerprint density at radius 3 is 2.61 bits per heavy atom. The summed E-state index contributed by atoms with van der Waals surface area (Å²) in [6.07, 6.45) is 2.06. The number of anilines is 1. The van der Waals surface area contributed by atoms with E-state index in [1.54, 1.807) is 17.8 Å². The van der Waals surface area contributed by atoms with E-state index in [-0.39, 0.29) is 0 Å². The predicted octanol–water partition coefficient (Wildman–Crippen LogP) is 5.33. The molecule has 0 saturated carbocycles. The van der Waals surface area contributed by atoms with Gasteiger partial charge in [-0.2, -0.15) is 0 Å². The van der Waals surface area contributed by atoms with Gasteiger partial charge in [-0.05, 0) is 30.0 Å². The summed E-state index contributed by atoms with van der Waals surface area (Å²) in [6.45, 7) is 0.664. The zero-order chi connectivity index (χ0) is 13.0. The van der Waals surface area contributed by atoms with Gasteiger partial charge in [0.2, 0.25) is 0 Å². The standard InChI is InChI=1S/C14H13Cl2NS/c1-18-13-8-3-2-7-12(13)17-9-10-5-4-6-11(15)14(10)16/h2-8,17H,9H2,1H3. The van der Waals surface area contributed by atoms with Crippen LogP contribution in [0.15, 0.2) is 47.4 Å². The third-order valence-corrected chi connectivity index (χ3v) is 4.26. The van der Waals surface area contributed by atoms with Gasteiger partial charge in [0.15, 0.2) is 0 Å². The van der Waals surface area contributed by atoms with Crippen molar-refractivity contribution in [2.75, 3.05) is 11.6 Å². The molecule has 1 nitrogen and oxygen atoms in total. The van der Waals surface area contributed by atoms with Gasteiger partial charge in [0.25, 0.3) is 0 Å². The number of benzene rings is 2. The zero-order valence-electron chi connectivity index (χ0n) is 9.91. The van der Waals surface area contributed by atoms with Crippen LogP contribution in [0.1, 0.15) is 5.56 Å². The SMILES string of the molecule is CSc1ccccc1NCc1cccc(Cl)c1Cl. The monoisotopic (exact) mass is 297 g/mol. The number of halogens is 2. The van der Waals surface area contributed by atoms with Crippen LogP contribution >= 0.6 is 35.0 Å². The van der Waals surface area contributed by atoms with Crippen LogP contribution in [0.25, 0.3) is 0 Å². The van der Waals surface area contributed by atoms with Crippen molar-refractivity contribution < 1.29 is 0 Å². The van der Waals surface area contributed by atoms with E-state index in [4.69, 9.17) is 23.2 Å². The Morgan fingerprint density at radius 1 is 1.06 bits per heavy atom. The van der Waals surface area contributed by atoms with Crippen LogP contribution < -0.4 is 5.32 Å². The Morgan fingerprint density at radius 2 is 1.83 bits per heavy atom. The van der Waals surface area contributed by atoms with Gasteiger partial charge in [0.05, 0.1) is 10.0 Å². The van der Waals surface area contributed by atoms with E-state index in [2.05, 4.69) is 23.7 Å². The number of hydrogen-bond donors (Lipinski definition) is 1. The van der Waals surface area contributed by atoms with Gasteiger partial charge in [-0.15, -0.1) is 11.8 Å². The Hall–Kier alpha value is -0.830. The predicted molar refractivity (Wildman–Crippen MR) is 82.0 cm³/mol. The lowest BCUT2D eigenvalue weighted by Crippen LogP contribution is -2.01. The molecule has 0 atom stereocenters. The molecule has 0 saturated heterocycles. The van der Waals surface area contributed by atoms with Crippen molar-refractivity contribution >= 4 is 40.7 Å². The summed E-state index contributed by atoms with van der Waals surface area (Å²) in [6, 6.07) is 13.9. The van der Waals surface area contributed by atoms with E-state index >= 15 is 0 Å². The minimum absolute atomic E-state index is 0.592. The lowest BCUT2D eigenvalue weighted by atomic mass is 10.2. The van der Waals surface area contributed by atoms with Gasteiger partial charge in [-0.25, -0.2) is 0 Å². The molecule has 2 aromatic carbocycles. The fourth-order valence-corrected chi connectivity index (χ4v) is 2.63. The molecule has 2 aromatic rings. The lowest BCUT2D eigenvalue weighted by molar-refractivity contribution is 1.13. The van der Waals surface area contributed by atoms with E-state index in [0.29, 0.717) is 16.6 Å². The molecular weight excluding hydrogens is 285 g/mol. The second-order valence-corrected chi connectivity index (χ2v) is 5.40. The Balaban J connectivity index is 2.14. The summed E-state index contributed by atoms with van der Waals surface area (Å²) in [5.74, 6) is 0. The molecule has 18 heavy (non-hydrogen) atoms. The molecule has 0 bridgehead atoms. The van der Waals surface area contributed by atoms with Crippen LogP contribution in [0.4, 0.5) is 5.69 Å². The van der Waals surface area contributed by atoms with Crippen molar-refractivity contribution in [2.24, 2.45) is 0 Å². The van der Waals surface area contributed by atoms with Gasteiger partial charge in [-0.1, -0.05) is 47.5 Å². The van der Waals surface area contributed by atoms with Gasteiger partial charge < -0.3 is 5.32 Å². The molecule has 1 N–H and O–H groups in total. The summed E-state index contributed by atoms with van der Waals surface area (Å²) < 4.78 is 0. The van der Waals surface area contributed by atoms with E-state index in [0.717, 1.165) is 11.3 Å². The summed E-state index contributed by atoms with van der Waals surface area (Å²) in [7, 11) is 0. The average Bonchev–Trinajstić information content (AvgIpc) is 2.41. The molecule has 0 heterocycles. The van der Waals surface area contributed by atoms with Crippen LogP contribution in [0.2, 0.25) is 10.0 Å². The molecule has 0 aromatic heterocycles. The molecule has 0 aliphatic heterocycles. The third kappa shape index (κ3) is 3.14. The highest BCUT2D eigenvalue weighted by Gasteiger charge is 2.05. The van der Waals surface area contributed by atoms with Crippen molar-refractivity contribution in [3.05, 3.63) is 58.1 Å². The Kier molecular flexibility index (Phi) is 4.81. The lowest BCUT2D eigenvalue weighted by Gasteiger charge is -2.11. The fourth-order valence-electron chi connectivity index (χ4n) is 1.67. The van der Waals surface area contributed by atoms with Gasteiger partial charge in [0.1, 0.15) is 0 Å². The fraction of sp³-hybridized carbons (Fsp3) is 0.143. The largest absolute Gasteiger partial charge is 0.380 e. The van der Waals surface area contributed by atoms with Gasteiger partial charge in [0, 0.05) is 17.1 Å². The molecule has 0 aliphatic carbocycles. The summed E-state index contributed by atoms with van der Waals surface area (Å²) in [5, 5.41) is 4.60. The number of rotatable bonds is 4. The molecular formula is C14H13Cl2NS. The third-order valence-electron chi connectivity index (χ3n) is 2.61. The zero-order valence-corrected chi connectivity index (χ0v) is 12.2. The van der Waals surface area contributed by atoms with Crippen molar-refractivity contribution in [1.82, 2.24) is 0 Å².